The number of hydrogen-bond donors (Lipinski definition) is 2. The molecule has 0 spiro atoms. The molecule has 1 fully saturated rings. The van der Waals surface area contributed by atoms with Crippen LogP contribution in [0.5, 0.6) is 0 Å². The van der Waals surface area contributed by atoms with Crippen LogP contribution >= 0.6 is 12.2 Å². The van der Waals surface area contributed by atoms with Gasteiger partial charge in [0.05, 0.1) is 11.1 Å². The molecule has 2 aliphatic heterocycles. The van der Waals surface area contributed by atoms with Crippen LogP contribution in [0, 0.1) is 0 Å². The van der Waals surface area contributed by atoms with Crippen LogP contribution in [-0.4, -0.2) is 34.8 Å². The van der Waals surface area contributed by atoms with Crippen LogP contribution in [0.25, 0.3) is 17.4 Å². The van der Waals surface area contributed by atoms with Crippen molar-refractivity contribution >= 4 is 41.1 Å². The Morgan fingerprint density at radius 1 is 1.04 bits per heavy atom. The van der Waals surface area contributed by atoms with Crippen molar-refractivity contribution in [3.05, 3.63) is 52.9 Å². The number of carbonyl (C=O) groups excluding carboxylic acids is 3. The maximum Gasteiger partial charge on any atom is 0.274 e. The topological polar surface area (TPSA) is 91.7 Å². The number of hydrogen-bond acceptors (Lipinski definition) is 5. The van der Waals surface area contributed by atoms with Crippen molar-refractivity contribution in [2.45, 2.75) is 0 Å². The van der Waals surface area contributed by atoms with Crippen molar-refractivity contribution < 1.29 is 18.8 Å². The fourth-order valence-corrected chi connectivity index (χ4v) is 2.93. The number of furan rings is 1. The molecule has 2 N–H and O–H groups in total. The van der Waals surface area contributed by atoms with Crippen molar-refractivity contribution in [2.24, 2.45) is 0 Å². The molecule has 1 saturated heterocycles. The molecule has 0 saturated carbocycles. The summed E-state index contributed by atoms with van der Waals surface area (Å²) in [6.07, 6.45) is 1.54. The number of nitrogens with zero attached hydrogens (tertiary/aromatic N) is 1. The van der Waals surface area contributed by atoms with E-state index in [9.17, 15) is 14.4 Å². The van der Waals surface area contributed by atoms with Crippen LogP contribution in [0.1, 0.15) is 26.5 Å². The number of benzene rings is 1. The van der Waals surface area contributed by atoms with Crippen LogP contribution in [0.15, 0.2) is 40.4 Å². The fraction of sp³-hybridized carbons (Fsp3) is 0.0588. The molecule has 0 aliphatic carbocycles. The number of amides is 3. The largest absolute Gasteiger partial charge is 0.457 e. The maximum absolute atomic E-state index is 12.1. The van der Waals surface area contributed by atoms with Crippen molar-refractivity contribution in [1.29, 1.82) is 0 Å². The third-order valence-corrected chi connectivity index (χ3v) is 4.21. The summed E-state index contributed by atoms with van der Waals surface area (Å²) in [6, 6.07) is 8.38. The van der Waals surface area contributed by atoms with Crippen molar-refractivity contribution in [1.82, 2.24) is 15.5 Å². The summed E-state index contributed by atoms with van der Waals surface area (Å²) in [6.45, 7) is 0. The van der Waals surface area contributed by atoms with Crippen LogP contribution < -0.4 is 10.6 Å². The molecule has 0 unspecified atom stereocenters. The summed E-state index contributed by atoms with van der Waals surface area (Å²) >= 11 is 4.87. The lowest BCUT2D eigenvalue weighted by Crippen LogP contribution is -2.24. The second-order valence-corrected chi connectivity index (χ2v) is 6.01. The Morgan fingerprint density at radius 3 is 2.52 bits per heavy atom. The standard InChI is InChI=1S/C17H11N3O4S/c1-20-15(22)10-4-2-8(6-11(10)16(20)23)13-5-3-9(24-13)7-12-14(21)19-17(25)18-12/h2-7H,1H3,(H2,18,19,21,25)/b12-7+. The molecular formula is C17H11N3O4S. The van der Waals surface area contributed by atoms with E-state index in [0.29, 0.717) is 33.9 Å². The minimum Gasteiger partial charge on any atom is -0.457 e. The number of rotatable bonds is 2. The second-order valence-electron chi connectivity index (χ2n) is 5.60. The number of carbonyl (C=O) groups is 3. The van der Waals surface area contributed by atoms with E-state index < -0.39 is 0 Å². The Labute approximate surface area is 147 Å². The zero-order valence-electron chi connectivity index (χ0n) is 13.0. The molecule has 3 amide bonds. The van der Waals surface area contributed by atoms with Gasteiger partial charge in [-0.2, -0.15) is 0 Å². The molecule has 2 aromatic rings. The number of fused-ring (bicyclic) bond motifs is 1. The molecule has 7 nitrogen and oxygen atoms in total. The molecule has 25 heavy (non-hydrogen) atoms. The molecule has 124 valence electrons. The third kappa shape index (κ3) is 2.43. The molecule has 0 bridgehead atoms. The summed E-state index contributed by atoms with van der Waals surface area (Å²) < 4.78 is 5.71. The lowest BCUT2D eigenvalue weighted by molar-refractivity contribution is -0.115. The molecule has 2 aliphatic rings. The van der Waals surface area contributed by atoms with E-state index in [1.165, 1.54) is 13.1 Å². The van der Waals surface area contributed by atoms with Gasteiger partial charge in [0, 0.05) is 18.7 Å². The summed E-state index contributed by atoms with van der Waals surface area (Å²) in [7, 11) is 1.45. The lowest BCUT2D eigenvalue weighted by atomic mass is 10.0. The van der Waals surface area contributed by atoms with E-state index >= 15 is 0 Å². The van der Waals surface area contributed by atoms with Gasteiger partial charge < -0.3 is 9.73 Å². The van der Waals surface area contributed by atoms with Gasteiger partial charge >= 0.3 is 0 Å². The average molecular weight is 353 g/mol. The van der Waals surface area contributed by atoms with Crippen LogP contribution in [0.4, 0.5) is 0 Å². The summed E-state index contributed by atoms with van der Waals surface area (Å²) in [4.78, 5) is 36.8. The Bertz CT molecular complexity index is 1010. The zero-order chi connectivity index (χ0) is 17.7. The molecule has 1 aromatic carbocycles. The van der Waals surface area contributed by atoms with Crippen molar-refractivity contribution in [2.75, 3.05) is 7.05 Å². The first-order chi connectivity index (χ1) is 11.9. The molecule has 0 radical (unpaired) electrons. The smallest absolute Gasteiger partial charge is 0.274 e. The quantitative estimate of drug-likeness (QED) is 0.483. The highest BCUT2D eigenvalue weighted by Gasteiger charge is 2.33. The van der Waals surface area contributed by atoms with E-state index in [4.69, 9.17) is 16.6 Å². The molecule has 1 aromatic heterocycles. The van der Waals surface area contributed by atoms with Gasteiger partial charge in [-0.1, -0.05) is 6.07 Å². The summed E-state index contributed by atoms with van der Waals surface area (Å²) in [5.41, 5.74) is 1.69. The number of nitrogens with one attached hydrogen (secondary N) is 2. The normalized spacial score (nSPS) is 18.0. The maximum atomic E-state index is 12.1. The first kappa shape index (κ1) is 15.3. The monoisotopic (exact) mass is 353 g/mol. The second kappa shape index (κ2) is 5.38. The van der Waals surface area contributed by atoms with Gasteiger partial charge in [-0.05, 0) is 36.5 Å². The van der Waals surface area contributed by atoms with Crippen LogP contribution in [-0.2, 0) is 4.79 Å². The molecule has 4 rings (SSSR count). The van der Waals surface area contributed by atoms with Gasteiger partial charge in [0.1, 0.15) is 17.2 Å². The van der Waals surface area contributed by atoms with Crippen molar-refractivity contribution in [3.8, 4) is 11.3 Å². The van der Waals surface area contributed by atoms with Gasteiger partial charge in [0.2, 0.25) is 0 Å². The van der Waals surface area contributed by atoms with Gasteiger partial charge in [-0.25, -0.2) is 0 Å². The number of imide groups is 1. The van der Waals surface area contributed by atoms with E-state index in [1.807, 2.05) is 0 Å². The lowest BCUT2D eigenvalue weighted by Gasteiger charge is -2.02. The highest BCUT2D eigenvalue weighted by atomic mass is 32.1. The minimum absolute atomic E-state index is 0.244. The van der Waals surface area contributed by atoms with E-state index in [1.54, 1.807) is 30.3 Å². The van der Waals surface area contributed by atoms with Gasteiger partial charge in [0.25, 0.3) is 17.7 Å². The molecule has 3 heterocycles. The molecule has 0 atom stereocenters. The molecule has 8 heteroatoms. The van der Waals surface area contributed by atoms with E-state index in [2.05, 4.69) is 10.6 Å². The highest BCUT2D eigenvalue weighted by Crippen LogP contribution is 2.29. The predicted octanol–water partition coefficient (Wildman–Crippen LogP) is 1.52. The Balaban J connectivity index is 1.67. The third-order valence-electron chi connectivity index (χ3n) is 4.01. The first-order valence-corrected chi connectivity index (χ1v) is 7.75. The van der Waals surface area contributed by atoms with Crippen LogP contribution in [0.3, 0.4) is 0 Å². The predicted molar refractivity (Wildman–Crippen MR) is 92.4 cm³/mol. The van der Waals surface area contributed by atoms with Crippen molar-refractivity contribution in [3.63, 3.8) is 0 Å². The van der Waals surface area contributed by atoms with Gasteiger partial charge in [0.15, 0.2) is 5.11 Å². The van der Waals surface area contributed by atoms with E-state index in [-0.39, 0.29) is 22.8 Å². The summed E-state index contributed by atoms with van der Waals surface area (Å²) in [5, 5.41) is 5.44. The fourth-order valence-electron chi connectivity index (χ4n) is 2.72. The Hall–Kier alpha value is -3.26. The number of thiocarbonyl (C=S) groups is 1. The van der Waals surface area contributed by atoms with Gasteiger partial charge in [-0.15, -0.1) is 0 Å². The van der Waals surface area contributed by atoms with E-state index in [0.717, 1.165) is 4.90 Å². The van der Waals surface area contributed by atoms with Gasteiger partial charge in [-0.3, -0.25) is 24.6 Å². The Kier molecular flexibility index (Phi) is 3.29. The van der Waals surface area contributed by atoms with Crippen LogP contribution in [0.2, 0.25) is 0 Å². The highest BCUT2D eigenvalue weighted by molar-refractivity contribution is 7.80. The zero-order valence-corrected chi connectivity index (χ0v) is 13.8. The minimum atomic E-state index is -0.337. The first-order valence-electron chi connectivity index (χ1n) is 7.35. The summed E-state index contributed by atoms with van der Waals surface area (Å²) in [5.74, 6) is -0.00257. The SMILES string of the molecule is CN1C(=O)c2ccc(-c3ccc(/C=C4/NC(=S)NC4=O)o3)cc2C1=O. The Morgan fingerprint density at radius 2 is 1.80 bits per heavy atom. The average Bonchev–Trinajstić information content (AvgIpc) is 3.24. The molecular weight excluding hydrogens is 342 g/mol.